The first-order chi connectivity index (χ1) is 13.8. The normalized spacial score (nSPS) is 14.8. The molecule has 0 bridgehead atoms. The molecule has 156 valence electrons. The van der Waals surface area contributed by atoms with Gasteiger partial charge in [0.25, 0.3) is 0 Å². The summed E-state index contributed by atoms with van der Waals surface area (Å²) in [6.07, 6.45) is 2.60. The molecule has 29 heavy (non-hydrogen) atoms. The van der Waals surface area contributed by atoms with E-state index >= 15 is 0 Å². The van der Waals surface area contributed by atoms with Crippen molar-refractivity contribution in [2.24, 2.45) is 0 Å². The Bertz CT molecular complexity index is 950. The topological polar surface area (TPSA) is 78.5 Å². The standard InChI is InChI=1S/C22H29N3O3S/c1-17-5-10-21(18(2)15-17)29(27,28)23-12-11-22(26)24-20-8-6-19(7-9-20)16-25-13-3-4-14-25/h5-10,15,23H,3-4,11-14,16H2,1-2H3,(H,24,26). The molecule has 1 fully saturated rings. The van der Waals surface area contributed by atoms with E-state index in [9.17, 15) is 13.2 Å². The average Bonchev–Trinajstić information content (AvgIpc) is 3.16. The molecule has 2 aromatic rings. The van der Waals surface area contributed by atoms with Crippen LogP contribution in [0.1, 0.15) is 36.0 Å². The van der Waals surface area contributed by atoms with E-state index in [0.29, 0.717) is 5.56 Å². The monoisotopic (exact) mass is 415 g/mol. The molecule has 7 heteroatoms. The van der Waals surface area contributed by atoms with Gasteiger partial charge in [0.05, 0.1) is 4.90 Å². The van der Waals surface area contributed by atoms with Crippen molar-refractivity contribution < 1.29 is 13.2 Å². The molecule has 6 nitrogen and oxygen atoms in total. The summed E-state index contributed by atoms with van der Waals surface area (Å²) in [4.78, 5) is 14.8. The highest BCUT2D eigenvalue weighted by molar-refractivity contribution is 7.89. The summed E-state index contributed by atoms with van der Waals surface area (Å²) in [5, 5.41) is 2.82. The highest BCUT2D eigenvalue weighted by atomic mass is 32.2. The van der Waals surface area contributed by atoms with Crippen LogP contribution in [0.4, 0.5) is 5.69 Å². The number of nitrogens with one attached hydrogen (secondary N) is 2. The van der Waals surface area contributed by atoms with Crippen molar-refractivity contribution in [1.29, 1.82) is 0 Å². The summed E-state index contributed by atoms with van der Waals surface area (Å²) < 4.78 is 27.4. The minimum absolute atomic E-state index is 0.0501. The molecular formula is C22H29N3O3S. The van der Waals surface area contributed by atoms with Crippen LogP contribution >= 0.6 is 0 Å². The molecular weight excluding hydrogens is 386 g/mol. The minimum atomic E-state index is -3.63. The second-order valence-electron chi connectivity index (χ2n) is 7.65. The number of aryl methyl sites for hydroxylation is 2. The van der Waals surface area contributed by atoms with E-state index in [4.69, 9.17) is 0 Å². The van der Waals surface area contributed by atoms with Crippen LogP contribution in [0.5, 0.6) is 0 Å². The summed E-state index contributed by atoms with van der Waals surface area (Å²) in [6.45, 7) is 6.97. The molecule has 0 aromatic heterocycles. The number of nitrogens with zero attached hydrogens (tertiary/aromatic N) is 1. The Hall–Kier alpha value is -2.22. The smallest absolute Gasteiger partial charge is 0.240 e. The number of hydrogen-bond acceptors (Lipinski definition) is 4. The van der Waals surface area contributed by atoms with Crippen molar-refractivity contribution in [3.63, 3.8) is 0 Å². The second kappa shape index (κ2) is 9.52. The van der Waals surface area contributed by atoms with Crippen molar-refractivity contribution in [3.8, 4) is 0 Å². The third-order valence-corrected chi connectivity index (χ3v) is 6.73. The van der Waals surface area contributed by atoms with Gasteiger partial charge >= 0.3 is 0 Å². The summed E-state index contributed by atoms with van der Waals surface area (Å²) in [5.41, 5.74) is 3.65. The van der Waals surface area contributed by atoms with Gasteiger partial charge < -0.3 is 5.32 Å². The van der Waals surface area contributed by atoms with Crippen LogP contribution in [0.25, 0.3) is 0 Å². The summed E-state index contributed by atoms with van der Waals surface area (Å²) in [5.74, 6) is -0.222. The Labute approximate surface area is 173 Å². The quantitative estimate of drug-likeness (QED) is 0.694. The Balaban J connectivity index is 1.47. The maximum atomic E-state index is 12.4. The third-order valence-electron chi connectivity index (χ3n) is 5.11. The Morgan fingerprint density at radius 1 is 1.03 bits per heavy atom. The zero-order chi connectivity index (χ0) is 20.9. The van der Waals surface area contributed by atoms with E-state index in [-0.39, 0.29) is 23.8 Å². The van der Waals surface area contributed by atoms with Crippen LogP contribution in [0.3, 0.4) is 0 Å². The van der Waals surface area contributed by atoms with E-state index in [1.165, 1.54) is 18.4 Å². The van der Waals surface area contributed by atoms with Gasteiger partial charge in [0.1, 0.15) is 0 Å². The van der Waals surface area contributed by atoms with Crippen LogP contribution in [0.15, 0.2) is 47.4 Å². The predicted octanol–water partition coefficient (Wildman–Crippen LogP) is 3.21. The van der Waals surface area contributed by atoms with Gasteiger partial charge in [-0.2, -0.15) is 0 Å². The number of anilines is 1. The summed E-state index contributed by atoms with van der Waals surface area (Å²) >= 11 is 0. The van der Waals surface area contributed by atoms with Crippen LogP contribution in [-0.2, 0) is 21.4 Å². The van der Waals surface area contributed by atoms with Gasteiger partial charge in [-0.3, -0.25) is 9.69 Å². The average molecular weight is 416 g/mol. The number of carbonyl (C=O) groups excluding carboxylic acids is 1. The molecule has 0 atom stereocenters. The zero-order valence-electron chi connectivity index (χ0n) is 17.1. The fourth-order valence-electron chi connectivity index (χ4n) is 3.59. The SMILES string of the molecule is Cc1ccc(S(=O)(=O)NCCC(=O)Nc2ccc(CN3CCCC3)cc2)c(C)c1. The molecule has 1 amide bonds. The lowest BCUT2D eigenvalue weighted by Crippen LogP contribution is -2.28. The second-order valence-corrected chi connectivity index (χ2v) is 9.38. The molecule has 0 aliphatic carbocycles. The van der Waals surface area contributed by atoms with Gasteiger partial charge in [-0.1, -0.05) is 29.8 Å². The minimum Gasteiger partial charge on any atom is -0.326 e. The molecule has 0 radical (unpaired) electrons. The van der Waals surface area contributed by atoms with Crippen molar-refractivity contribution in [2.75, 3.05) is 25.0 Å². The fraction of sp³-hybridized carbons (Fsp3) is 0.409. The van der Waals surface area contributed by atoms with Crippen LogP contribution in [0, 0.1) is 13.8 Å². The van der Waals surface area contributed by atoms with Crippen LogP contribution in [0.2, 0.25) is 0 Å². The number of benzene rings is 2. The number of rotatable bonds is 8. The lowest BCUT2D eigenvalue weighted by Gasteiger charge is -2.15. The number of carbonyl (C=O) groups is 1. The number of hydrogen-bond donors (Lipinski definition) is 2. The maximum absolute atomic E-state index is 12.4. The first-order valence-electron chi connectivity index (χ1n) is 10.0. The summed E-state index contributed by atoms with van der Waals surface area (Å²) in [7, 11) is -3.63. The molecule has 1 saturated heterocycles. The van der Waals surface area contributed by atoms with Crippen LogP contribution in [-0.4, -0.2) is 38.9 Å². The Morgan fingerprint density at radius 2 is 1.72 bits per heavy atom. The molecule has 0 saturated carbocycles. The van der Waals surface area contributed by atoms with Crippen molar-refractivity contribution >= 4 is 21.6 Å². The zero-order valence-corrected chi connectivity index (χ0v) is 17.9. The highest BCUT2D eigenvalue weighted by Gasteiger charge is 2.17. The van der Waals surface area contributed by atoms with E-state index in [2.05, 4.69) is 14.9 Å². The molecule has 1 aliphatic rings. The number of amides is 1. The van der Waals surface area contributed by atoms with E-state index in [1.54, 1.807) is 19.1 Å². The number of likely N-dealkylation sites (tertiary alicyclic amines) is 1. The van der Waals surface area contributed by atoms with Gasteiger partial charge in [0, 0.05) is 25.2 Å². The molecule has 0 unspecified atom stereocenters. The predicted molar refractivity (Wildman–Crippen MR) is 115 cm³/mol. The first-order valence-corrected chi connectivity index (χ1v) is 11.5. The van der Waals surface area contributed by atoms with Gasteiger partial charge in [-0.05, 0) is 69.1 Å². The Morgan fingerprint density at radius 3 is 2.38 bits per heavy atom. The highest BCUT2D eigenvalue weighted by Crippen LogP contribution is 2.17. The molecule has 3 rings (SSSR count). The molecule has 0 spiro atoms. The summed E-state index contributed by atoms with van der Waals surface area (Å²) in [6, 6.07) is 13.0. The lowest BCUT2D eigenvalue weighted by molar-refractivity contribution is -0.116. The first kappa shape index (κ1) is 21.5. The van der Waals surface area contributed by atoms with Crippen molar-refractivity contribution in [2.45, 2.75) is 44.6 Å². The molecule has 2 aromatic carbocycles. The molecule has 2 N–H and O–H groups in total. The lowest BCUT2D eigenvalue weighted by atomic mass is 10.2. The number of sulfonamides is 1. The van der Waals surface area contributed by atoms with Gasteiger partial charge in [0.15, 0.2) is 0 Å². The van der Waals surface area contributed by atoms with Crippen molar-refractivity contribution in [1.82, 2.24) is 9.62 Å². The third kappa shape index (κ3) is 6.13. The van der Waals surface area contributed by atoms with Gasteiger partial charge in [-0.25, -0.2) is 13.1 Å². The van der Waals surface area contributed by atoms with E-state index < -0.39 is 10.0 Å². The Kier molecular flexibility index (Phi) is 7.05. The fourth-order valence-corrected chi connectivity index (χ4v) is 4.85. The molecule has 1 heterocycles. The van der Waals surface area contributed by atoms with Crippen molar-refractivity contribution in [3.05, 3.63) is 59.2 Å². The largest absolute Gasteiger partial charge is 0.326 e. The molecule has 1 aliphatic heterocycles. The van der Waals surface area contributed by atoms with Crippen LogP contribution < -0.4 is 10.0 Å². The van der Waals surface area contributed by atoms with Gasteiger partial charge in [-0.15, -0.1) is 0 Å². The van der Waals surface area contributed by atoms with E-state index in [1.807, 2.05) is 37.3 Å². The van der Waals surface area contributed by atoms with E-state index in [0.717, 1.165) is 30.9 Å². The maximum Gasteiger partial charge on any atom is 0.240 e. The van der Waals surface area contributed by atoms with Gasteiger partial charge in [0.2, 0.25) is 15.9 Å².